The zero-order chi connectivity index (χ0) is 17.5. The van der Waals surface area contributed by atoms with Gasteiger partial charge in [-0.1, -0.05) is 77.4 Å². The number of allylic oxidation sites excluding steroid dienone is 8. The van der Waals surface area contributed by atoms with Gasteiger partial charge in [0, 0.05) is 0 Å². The van der Waals surface area contributed by atoms with Crippen LogP contribution in [0.25, 0.3) is 0 Å². The van der Waals surface area contributed by atoms with Crippen LogP contribution in [0.1, 0.15) is 46.6 Å². The molecule has 0 amide bonds. The predicted molar refractivity (Wildman–Crippen MR) is 110 cm³/mol. The number of benzene rings is 1. The third-order valence-electron chi connectivity index (χ3n) is 6.41. The lowest BCUT2D eigenvalue weighted by atomic mass is 10.0. The van der Waals surface area contributed by atoms with E-state index in [1.807, 2.05) is 0 Å². The predicted octanol–water partition coefficient (Wildman–Crippen LogP) is 5.76. The molecule has 2 atom stereocenters. The van der Waals surface area contributed by atoms with Gasteiger partial charge in [-0.25, -0.2) is 0 Å². The van der Waals surface area contributed by atoms with E-state index >= 15 is 0 Å². The van der Waals surface area contributed by atoms with Gasteiger partial charge in [-0.05, 0) is 62.8 Å². The zero-order valence-electron chi connectivity index (χ0n) is 16.0. The Hall–Kier alpha value is -1.60. The maximum absolute atomic E-state index is 2.50. The van der Waals surface area contributed by atoms with E-state index in [4.69, 9.17) is 0 Å². The molecular formula is C23H30Si. The molecule has 126 valence electrons. The Kier molecular flexibility index (Phi) is 4.57. The van der Waals surface area contributed by atoms with Gasteiger partial charge in [0.15, 0.2) is 0 Å². The van der Waals surface area contributed by atoms with E-state index in [-0.39, 0.29) is 0 Å². The van der Waals surface area contributed by atoms with E-state index < -0.39 is 8.80 Å². The number of rotatable bonds is 3. The first kappa shape index (κ1) is 17.2. The maximum atomic E-state index is 2.50. The second-order valence-electron chi connectivity index (χ2n) is 7.98. The molecular weight excluding hydrogens is 304 g/mol. The van der Waals surface area contributed by atoms with Crippen molar-refractivity contribution < 1.29 is 0 Å². The number of hydrogen-bond acceptors (Lipinski definition) is 0. The molecule has 0 aliphatic heterocycles. The van der Waals surface area contributed by atoms with Gasteiger partial charge in [-0.15, -0.1) is 0 Å². The summed E-state index contributed by atoms with van der Waals surface area (Å²) in [6.07, 6.45) is 10.5. The average Bonchev–Trinajstić information content (AvgIpc) is 2.74. The Bertz CT molecular complexity index is 751. The van der Waals surface area contributed by atoms with Crippen molar-refractivity contribution in [1.29, 1.82) is 0 Å². The van der Waals surface area contributed by atoms with Crippen LogP contribution in [0.2, 0.25) is 10.6 Å². The molecule has 1 aromatic carbocycles. The first-order valence-electron chi connectivity index (χ1n) is 9.11. The molecule has 0 saturated carbocycles. The smallest absolute Gasteiger partial charge is 0.0840 e. The highest BCUT2D eigenvalue weighted by molar-refractivity contribution is 6.79. The van der Waals surface area contributed by atoms with Crippen LogP contribution in [0.15, 0.2) is 70.9 Å². The lowest BCUT2D eigenvalue weighted by Gasteiger charge is -2.40. The van der Waals surface area contributed by atoms with Crippen molar-refractivity contribution in [3.05, 3.63) is 76.4 Å². The van der Waals surface area contributed by atoms with Crippen LogP contribution in [0.4, 0.5) is 0 Å². The zero-order valence-corrected chi connectivity index (χ0v) is 17.1. The molecule has 2 aliphatic carbocycles. The van der Waals surface area contributed by atoms with Crippen LogP contribution in [-0.4, -0.2) is 8.80 Å². The van der Waals surface area contributed by atoms with Crippen molar-refractivity contribution in [1.82, 2.24) is 0 Å². The molecule has 2 aliphatic rings. The third-order valence-corrected chi connectivity index (χ3v) is 11.0. The summed E-state index contributed by atoms with van der Waals surface area (Å²) in [4.78, 5) is 0. The van der Waals surface area contributed by atoms with Crippen molar-refractivity contribution in [3.8, 4) is 0 Å². The van der Waals surface area contributed by atoms with E-state index in [0.29, 0.717) is 10.6 Å². The summed E-state index contributed by atoms with van der Waals surface area (Å²) < 4.78 is 0. The van der Waals surface area contributed by atoms with E-state index in [9.17, 15) is 0 Å². The quantitative estimate of drug-likeness (QED) is 0.616. The van der Waals surface area contributed by atoms with E-state index in [0.717, 1.165) is 0 Å². The van der Waals surface area contributed by atoms with Crippen LogP contribution in [0.3, 0.4) is 0 Å². The van der Waals surface area contributed by atoms with Gasteiger partial charge >= 0.3 is 0 Å². The fourth-order valence-electron chi connectivity index (χ4n) is 4.67. The van der Waals surface area contributed by atoms with Crippen molar-refractivity contribution in [3.63, 3.8) is 0 Å². The minimum absolute atomic E-state index is 0.292. The summed E-state index contributed by atoms with van der Waals surface area (Å²) in [6.45, 7) is 14.1. The molecule has 0 bridgehead atoms. The van der Waals surface area contributed by atoms with E-state index in [1.165, 1.54) is 23.1 Å². The molecule has 0 aromatic heterocycles. The van der Waals surface area contributed by atoms with Crippen molar-refractivity contribution >= 4 is 14.0 Å². The molecule has 0 saturated heterocycles. The largest absolute Gasteiger partial charge is 0.0921 e. The van der Waals surface area contributed by atoms with Crippen LogP contribution in [0.5, 0.6) is 0 Å². The standard InChI is InChI=1S/C23H30Si/c1-16-11-10-12-21(15-16)24(23(6)13-8-7-9-14-23)22-19(4)17(2)18(3)20(22)5/h7-13,15,22,24H,14H2,1-6H3. The van der Waals surface area contributed by atoms with E-state index in [1.54, 1.807) is 16.3 Å². The molecule has 0 radical (unpaired) electrons. The SMILES string of the molecule is CC1=C(C)C([SiH](c2cccc(C)c2)C2(C)C=CC=CC2)C(C)=C1C. The minimum atomic E-state index is -1.32. The third kappa shape index (κ3) is 2.80. The fourth-order valence-corrected chi connectivity index (χ4v) is 9.55. The molecule has 0 nitrogen and oxygen atoms in total. The number of aryl methyl sites for hydroxylation is 1. The minimum Gasteiger partial charge on any atom is -0.0840 e. The maximum Gasteiger partial charge on any atom is 0.0921 e. The summed E-state index contributed by atoms with van der Waals surface area (Å²) in [6, 6.07) is 9.33. The van der Waals surface area contributed by atoms with Gasteiger partial charge in [-0.3, -0.25) is 0 Å². The molecule has 1 heteroatoms. The van der Waals surface area contributed by atoms with Crippen LogP contribution in [-0.2, 0) is 0 Å². The normalized spacial score (nSPS) is 25.8. The van der Waals surface area contributed by atoms with E-state index in [2.05, 4.69) is 90.1 Å². The summed E-state index contributed by atoms with van der Waals surface area (Å²) in [5.41, 5.74) is 8.33. The Balaban J connectivity index is 2.17. The first-order valence-corrected chi connectivity index (χ1v) is 10.9. The molecule has 0 heterocycles. The summed E-state index contributed by atoms with van der Waals surface area (Å²) >= 11 is 0. The van der Waals surface area contributed by atoms with Gasteiger partial charge in [0.2, 0.25) is 0 Å². The molecule has 0 fully saturated rings. The monoisotopic (exact) mass is 334 g/mol. The summed E-state index contributed by atoms with van der Waals surface area (Å²) in [5.74, 6) is 0. The lowest BCUT2D eigenvalue weighted by Crippen LogP contribution is -2.45. The molecule has 24 heavy (non-hydrogen) atoms. The Morgan fingerprint density at radius 3 is 2.17 bits per heavy atom. The van der Waals surface area contributed by atoms with Crippen LogP contribution >= 0.6 is 0 Å². The molecule has 1 aromatic rings. The summed E-state index contributed by atoms with van der Waals surface area (Å²) in [5, 5.41) is 1.91. The average molecular weight is 335 g/mol. The Labute approximate surface area is 149 Å². The highest BCUT2D eigenvalue weighted by Crippen LogP contribution is 2.51. The first-order chi connectivity index (χ1) is 11.3. The molecule has 0 N–H and O–H groups in total. The second-order valence-corrected chi connectivity index (χ2v) is 11.6. The van der Waals surface area contributed by atoms with Crippen molar-refractivity contribution in [2.24, 2.45) is 0 Å². The summed E-state index contributed by atoms with van der Waals surface area (Å²) in [7, 11) is -1.32. The Morgan fingerprint density at radius 2 is 1.62 bits per heavy atom. The van der Waals surface area contributed by atoms with Crippen molar-refractivity contribution in [2.75, 3.05) is 0 Å². The second kappa shape index (κ2) is 6.37. The number of hydrogen-bond donors (Lipinski definition) is 0. The molecule has 3 rings (SSSR count). The molecule has 2 unspecified atom stereocenters. The van der Waals surface area contributed by atoms with Gasteiger partial charge < -0.3 is 0 Å². The van der Waals surface area contributed by atoms with Gasteiger partial charge in [0.1, 0.15) is 0 Å². The fraction of sp³-hybridized carbons (Fsp3) is 0.391. The topological polar surface area (TPSA) is 0 Å². The lowest BCUT2D eigenvalue weighted by molar-refractivity contribution is 0.730. The van der Waals surface area contributed by atoms with Gasteiger partial charge in [0.05, 0.1) is 8.80 Å². The highest BCUT2D eigenvalue weighted by Gasteiger charge is 2.43. The Morgan fingerprint density at radius 1 is 0.958 bits per heavy atom. The van der Waals surface area contributed by atoms with Gasteiger partial charge in [-0.2, -0.15) is 0 Å². The van der Waals surface area contributed by atoms with Gasteiger partial charge in [0.25, 0.3) is 0 Å². The van der Waals surface area contributed by atoms with Crippen LogP contribution in [0, 0.1) is 6.92 Å². The molecule has 0 spiro atoms. The van der Waals surface area contributed by atoms with Crippen LogP contribution < -0.4 is 5.19 Å². The van der Waals surface area contributed by atoms with Crippen molar-refractivity contribution in [2.45, 2.75) is 58.5 Å². The highest BCUT2D eigenvalue weighted by atomic mass is 28.3.